The lowest BCUT2D eigenvalue weighted by molar-refractivity contribution is -0.0384. The van der Waals surface area contributed by atoms with E-state index in [1.54, 1.807) is 0 Å². The van der Waals surface area contributed by atoms with Gasteiger partial charge in [0.25, 0.3) is 0 Å². The van der Waals surface area contributed by atoms with Crippen LogP contribution in [0.3, 0.4) is 0 Å². The average molecular weight is 432 g/mol. The van der Waals surface area contributed by atoms with E-state index in [1.165, 1.54) is 15.7 Å². The number of rotatable bonds is 5. The second-order valence-corrected chi connectivity index (χ2v) is 7.77. The molecule has 3 aromatic heterocycles. The predicted molar refractivity (Wildman–Crippen MR) is 105 cm³/mol. The number of aromatic nitrogens is 8. The number of ether oxygens (including phenoxy) is 1. The summed E-state index contributed by atoms with van der Waals surface area (Å²) in [6.45, 7) is 2.36. The number of fused-ring (bicyclic) bond motifs is 1. The lowest BCUT2D eigenvalue weighted by atomic mass is 10.1. The monoisotopic (exact) mass is 432 g/mol. The quantitative estimate of drug-likeness (QED) is 0.321. The number of imidazole rings is 1. The second-order valence-electron chi connectivity index (χ2n) is 7.77. The number of aryl methyl sites for hydroxylation is 1. The Morgan fingerprint density at radius 2 is 2.06 bits per heavy atom. The minimum atomic E-state index is -1.29. The molecule has 3 aromatic rings. The van der Waals surface area contributed by atoms with Crippen molar-refractivity contribution >= 4 is 22.9 Å². The molecule has 0 spiro atoms. The van der Waals surface area contributed by atoms with Crippen molar-refractivity contribution in [1.29, 1.82) is 0 Å². The highest BCUT2D eigenvalue weighted by molar-refractivity contribution is 5.83. The molecule has 6 atom stereocenters. The SMILES string of the molecule is CCn1nnc(C2OC(n3cnc4c(N)nc(NC5CCCC5O)nc43)C(O)C2O)n1. The molecule has 14 heteroatoms. The van der Waals surface area contributed by atoms with Crippen LogP contribution in [0.1, 0.15) is 44.3 Å². The van der Waals surface area contributed by atoms with Crippen LogP contribution in [0.25, 0.3) is 11.2 Å². The third-order valence-electron chi connectivity index (χ3n) is 5.76. The fourth-order valence-corrected chi connectivity index (χ4v) is 4.07. The Hall–Kier alpha value is -2.94. The molecule has 166 valence electrons. The van der Waals surface area contributed by atoms with Crippen LogP contribution in [0.15, 0.2) is 6.33 Å². The van der Waals surface area contributed by atoms with Gasteiger partial charge < -0.3 is 31.1 Å². The zero-order valence-electron chi connectivity index (χ0n) is 16.8. The van der Waals surface area contributed by atoms with E-state index >= 15 is 0 Å². The molecule has 0 aromatic carbocycles. The molecule has 0 bridgehead atoms. The number of tetrazole rings is 1. The lowest BCUT2D eigenvalue weighted by Gasteiger charge is -2.18. The Bertz CT molecular complexity index is 1090. The van der Waals surface area contributed by atoms with E-state index in [1.807, 2.05) is 6.92 Å². The molecule has 2 aliphatic rings. The zero-order chi connectivity index (χ0) is 21.7. The third-order valence-corrected chi connectivity index (χ3v) is 5.76. The molecule has 4 heterocycles. The van der Waals surface area contributed by atoms with E-state index in [4.69, 9.17) is 10.5 Å². The van der Waals surface area contributed by atoms with E-state index in [0.717, 1.165) is 12.8 Å². The van der Waals surface area contributed by atoms with Crippen molar-refractivity contribution in [3.05, 3.63) is 12.2 Å². The van der Waals surface area contributed by atoms with Crippen molar-refractivity contribution in [2.75, 3.05) is 11.1 Å². The van der Waals surface area contributed by atoms with Gasteiger partial charge in [0.15, 0.2) is 23.8 Å². The molecule has 14 nitrogen and oxygen atoms in total. The first-order valence-electron chi connectivity index (χ1n) is 10.2. The Labute approximate surface area is 176 Å². The van der Waals surface area contributed by atoms with Gasteiger partial charge in [-0.25, -0.2) is 4.98 Å². The minimum Gasteiger partial charge on any atom is -0.391 e. The molecular formula is C17H24N10O4. The van der Waals surface area contributed by atoms with Crippen molar-refractivity contribution in [1.82, 2.24) is 39.7 Å². The van der Waals surface area contributed by atoms with Crippen LogP contribution < -0.4 is 11.1 Å². The van der Waals surface area contributed by atoms with Crippen LogP contribution in [-0.2, 0) is 11.3 Å². The molecule has 2 fully saturated rings. The summed E-state index contributed by atoms with van der Waals surface area (Å²) < 4.78 is 7.38. The van der Waals surface area contributed by atoms with Crippen LogP contribution in [0, 0.1) is 0 Å². The molecule has 1 saturated heterocycles. The predicted octanol–water partition coefficient (Wildman–Crippen LogP) is -1.27. The molecule has 1 saturated carbocycles. The normalized spacial score (nSPS) is 31.0. The molecule has 0 amide bonds. The Kier molecular flexibility index (Phi) is 4.92. The maximum atomic E-state index is 10.7. The molecule has 0 radical (unpaired) electrons. The van der Waals surface area contributed by atoms with Crippen LogP contribution in [0.4, 0.5) is 11.8 Å². The summed E-state index contributed by atoms with van der Waals surface area (Å²) in [5.41, 5.74) is 6.72. The third kappa shape index (κ3) is 3.37. The van der Waals surface area contributed by atoms with Crippen LogP contribution in [-0.4, -0.2) is 79.4 Å². The van der Waals surface area contributed by atoms with E-state index in [0.29, 0.717) is 24.1 Å². The van der Waals surface area contributed by atoms with Gasteiger partial charge in [-0.2, -0.15) is 14.8 Å². The number of nitrogens with two attached hydrogens (primary N) is 1. The van der Waals surface area contributed by atoms with Crippen LogP contribution in [0.2, 0.25) is 0 Å². The molecule has 1 aliphatic carbocycles. The fraction of sp³-hybridized carbons (Fsp3) is 0.647. The van der Waals surface area contributed by atoms with Gasteiger partial charge in [0, 0.05) is 0 Å². The molecule has 31 heavy (non-hydrogen) atoms. The largest absolute Gasteiger partial charge is 0.391 e. The average Bonchev–Trinajstić information content (AvgIpc) is 3.52. The molecule has 5 rings (SSSR count). The van der Waals surface area contributed by atoms with Crippen molar-refractivity contribution < 1.29 is 20.1 Å². The number of nitrogens with one attached hydrogen (secondary N) is 1. The van der Waals surface area contributed by atoms with Crippen LogP contribution in [0.5, 0.6) is 0 Å². The van der Waals surface area contributed by atoms with Gasteiger partial charge in [-0.1, -0.05) is 0 Å². The van der Waals surface area contributed by atoms with Gasteiger partial charge in [-0.15, -0.1) is 10.2 Å². The van der Waals surface area contributed by atoms with Gasteiger partial charge in [-0.05, 0) is 31.4 Å². The Balaban J connectivity index is 1.46. The van der Waals surface area contributed by atoms with Crippen molar-refractivity contribution in [2.45, 2.75) is 69.4 Å². The first kappa shape index (κ1) is 20.0. The van der Waals surface area contributed by atoms with E-state index < -0.39 is 30.6 Å². The molecule has 6 N–H and O–H groups in total. The number of aliphatic hydroxyl groups excluding tert-OH is 3. The van der Waals surface area contributed by atoms with Gasteiger partial charge in [-0.3, -0.25) is 4.57 Å². The van der Waals surface area contributed by atoms with Crippen molar-refractivity contribution in [3.8, 4) is 0 Å². The number of anilines is 2. The van der Waals surface area contributed by atoms with Crippen molar-refractivity contribution in [3.63, 3.8) is 0 Å². The molecule has 1 aliphatic heterocycles. The van der Waals surface area contributed by atoms with Crippen LogP contribution >= 0.6 is 0 Å². The summed E-state index contributed by atoms with van der Waals surface area (Å²) in [5, 5.41) is 46.3. The number of hydrogen-bond acceptors (Lipinski definition) is 12. The summed E-state index contributed by atoms with van der Waals surface area (Å²) in [7, 11) is 0. The van der Waals surface area contributed by atoms with Gasteiger partial charge in [0.2, 0.25) is 11.8 Å². The van der Waals surface area contributed by atoms with Gasteiger partial charge in [0.1, 0.15) is 17.7 Å². The number of nitrogens with zero attached hydrogens (tertiary/aromatic N) is 8. The number of hydrogen-bond donors (Lipinski definition) is 5. The summed E-state index contributed by atoms with van der Waals surface area (Å²) in [6.07, 6.45) is -1.18. The second kappa shape index (κ2) is 7.64. The summed E-state index contributed by atoms with van der Waals surface area (Å²) >= 11 is 0. The molecule has 6 unspecified atom stereocenters. The van der Waals surface area contributed by atoms with Gasteiger partial charge >= 0.3 is 0 Å². The Morgan fingerprint density at radius 3 is 2.77 bits per heavy atom. The number of aliphatic hydroxyl groups is 3. The topological polar surface area (TPSA) is 195 Å². The first-order chi connectivity index (χ1) is 15.0. The highest BCUT2D eigenvalue weighted by atomic mass is 16.6. The maximum absolute atomic E-state index is 10.7. The fourth-order valence-electron chi connectivity index (χ4n) is 4.07. The highest BCUT2D eigenvalue weighted by Crippen LogP contribution is 2.38. The zero-order valence-corrected chi connectivity index (χ0v) is 16.8. The maximum Gasteiger partial charge on any atom is 0.227 e. The molecular weight excluding hydrogens is 408 g/mol. The lowest BCUT2D eigenvalue weighted by Crippen LogP contribution is -2.30. The van der Waals surface area contributed by atoms with E-state index in [9.17, 15) is 15.3 Å². The number of nitrogen functional groups attached to an aromatic ring is 1. The van der Waals surface area contributed by atoms with E-state index in [-0.39, 0.29) is 23.6 Å². The highest BCUT2D eigenvalue weighted by Gasteiger charge is 2.47. The first-order valence-corrected chi connectivity index (χ1v) is 10.2. The summed E-state index contributed by atoms with van der Waals surface area (Å²) in [5.74, 6) is 0.567. The van der Waals surface area contributed by atoms with Crippen molar-refractivity contribution in [2.24, 2.45) is 0 Å². The van der Waals surface area contributed by atoms with Gasteiger partial charge in [0.05, 0.1) is 25.0 Å². The van der Waals surface area contributed by atoms with E-state index in [2.05, 4.69) is 35.7 Å². The standard InChI is InChI=1S/C17H24N10O4/c1-2-27-24-14(23-25-27)12-10(29)11(30)16(31-12)26-6-19-9-13(18)21-17(22-15(9)26)20-7-4-3-5-8(7)28/h6-8,10-12,16,28-30H,2-5H2,1H3,(H3,18,20,21,22). The summed E-state index contributed by atoms with van der Waals surface area (Å²) in [6, 6.07) is -0.167. The minimum absolute atomic E-state index is 0.149. The smallest absolute Gasteiger partial charge is 0.227 e. The summed E-state index contributed by atoms with van der Waals surface area (Å²) in [4.78, 5) is 14.3. The Morgan fingerprint density at radius 1 is 1.23 bits per heavy atom.